The van der Waals surface area contributed by atoms with E-state index in [0.29, 0.717) is 11.3 Å². The predicted octanol–water partition coefficient (Wildman–Crippen LogP) is 4.52. The molecule has 6 heteroatoms. The van der Waals surface area contributed by atoms with Gasteiger partial charge in [0.05, 0.1) is 16.0 Å². The lowest BCUT2D eigenvalue weighted by Gasteiger charge is -2.12. The Morgan fingerprint density at radius 2 is 1.80 bits per heavy atom. The number of pyridine rings is 1. The van der Waals surface area contributed by atoms with Crippen LogP contribution in [-0.4, -0.2) is 15.8 Å². The highest BCUT2D eigenvalue weighted by Gasteiger charge is 2.15. The number of non-ortho nitro benzene ring substituents is 1. The van der Waals surface area contributed by atoms with E-state index in [2.05, 4.69) is 10.3 Å². The smallest absolute Gasteiger partial charge is 0.269 e. The predicted molar refractivity (Wildman–Crippen MR) is 96.9 cm³/mol. The van der Waals surface area contributed by atoms with Crippen LogP contribution in [0, 0.1) is 10.1 Å². The van der Waals surface area contributed by atoms with Crippen molar-refractivity contribution in [2.45, 2.75) is 19.8 Å². The Balaban J connectivity index is 1.97. The minimum atomic E-state index is -0.475. The molecule has 1 heterocycles. The first-order valence-corrected chi connectivity index (χ1v) is 7.91. The number of fused-ring (bicyclic) bond motifs is 1. The Bertz CT molecular complexity index is 950. The molecule has 25 heavy (non-hydrogen) atoms. The average molecular weight is 335 g/mol. The van der Waals surface area contributed by atoms with Gasteiger partial charge in [-0.15, -0.1) is 0 Å². The van der Waals surface area contributed by atoms with Gasteiger partial charge in [-0.3, -0.25) is 19.9 Å². The van der Waals surface area contributed by atoms with Gasteiger partial charge in [-0.2, -0.15) is 0 Å². The third-order valence-electron chi connectivity index (χ3n) is 3.91. The van der Waals surface area contributed by atoms with Crippen LogP contribution in [-0.2, 0) is 0 Å². The van der Waals surface area contributed by atoms with E-state index in [0.717, 1.165) is 16.6 Å². The SMILES string of the molecule is CC(C)c1cc(C(=O)Nc2ccc([N+](=O)[O-])cc2)c2ccccc2n1. The van der Waals surface area contributed by atoms with Crippen LogP contribution in [0.5, 0.6) is 0 Å². The third-order valence-corrected chi connectivity index (χ3v) is 3.91. The standard InChI is InChI=1S/C19H17N3O3/c1-12(2)18-11-16(15-5-3-4-6-17(15)21-18)19(23)20-13-7-9-14(10-8-13)22(24)25/h3-12H,1-2H3,(H,20,23). The molecule has 0 saturated carbocycles. The van der Waals surface area contributed by atoms with Crippen molar-refractivity contribution in [3.63, 3.8) is 0 Å². The van der Waals surface area contributed by atoms with Crippen molar-refractivity contribution in [2.24, 2.45) is 0 Å². The van der Waals surface area contributed by atoms with Gasteiger partial charge in [0.1, 0.15) is 0 Å². The number of anilines is 1. The van der Waals surface area contributed by atoms with E-state index in [1.807, 2.05) is 38.1 Å². The molecule has 0 fully saturated rings. The summed E-state index contributed by atoms with van der Waals surface area (Å²) in [6.07, 6.45) is 0. The molecule has 0 unspecified atom stereocenters. The maximum atomic E-state index is 12.7. The summed E-state index contributed by atoms with van der Waals surface area (Å²) in [6, 6.07) is 15.0. The second-order valence-electron chi connectivity index (χ2n) is 6.02. The Morgan fingerprint density at radius 1 is 1.12 bits per heavy atom. The van der Waals surface area contributed by atoms with Gasteiger partial charge in [0.15, 0.2) is 0 Å². The second-order valence-corrected chi connectivity index (χ2v) is 6.02. The molecule has 1 N–H and O–H groups in total. The highest BCUT2D eigenvalue weighted by atomic mass is 16.6. The summed E-state index contributed by atoms with van der Waals surface area (Å²) in [6.45, 7) is 4.05. The van der Waals surface area contributed by atoms with Crippen molar-refractivity contribution in [2.75, 3.05) is 5.32 Å². The van der Waals surface area contributed by atoms with Gasteiger partial charge in [0, 0.05) is 28.9 Å². The number of aromatic nitrogens is 1. The molecule has 3 rings (SSSR count). The maximum Gasteiger partial charge on any atom is 0.269 e. The van der Waals surface area contributed by atoms with Crippen molar-refractivity contribution in [1.29, 1.82) is 0 Å². The zero-order chi connectivity index (χ0) is 18.0. The number of nitrogens with one attached hydrogen (secondary N) is 1. The molecule has 1 aromatic heterocycles. The molecule has 0 atom stereocenters. The Hall–Kier alpha value is -3.28. The van der Waals surface area contributed by atoms with Gasteiger partial charge >= 0.3 is 0 Å². The zero-order valence-electron chi connectivity index (χ0n) is 13.9. The minimum absolute atomic E-state index is 0.0190. The van der Waals surface area contributed by atoms with Gasteiger partial charge in [-0.05, 0) is 30.2 Å². The Labute approximate surface area is 144 Å². The van der Waals surface area contributed by atoms with E-state index in [9.17, 15) is 14.9 Å². The lowest BCUT2D eigenvalue weighted by Crippen LogP contribution is -2.13. The van der Waals surface area contributed by atoms with Crippen LogP contribution in [0.1, 0.15) is 35.8 Å². The fourth-order valence-electron chi connectivity index (χ4n) is 2.54. The molecule has 1 amide bonds. The van der Waals surface area contributed by atoms with Gasteiger partial charge in [-0.1, -0.05) is 32.0 Å². The van der Waals surface area contributed by atoms with Crippen molar-refractivity contribution in [3.05, 3.63) is 76.0 Å². The summed E-state index contributed by atoms with van der Waals surface area (Å²) in [5.41, 5.74) is 2.62. The van der Waals surface area contributed by atoms with Crippen molar-refractivity contribution in [1.82, 2.24) is 4.98 Å². The topological polar surface area (TPSA) is 85.1 Å². The summed E-state index contributed by atoms with van der Waals surface area (Å²) < 4.78 is 0. The van der Waals surface area contributed by atoms with Gasteiger partial charge < -0.3 is 5.32 Å². The maximum absolute atomic E-state index is 12.7. The molecule has 0 aliphatic heterocycles. The van der Waals surface area contributed by atoms with E-state index in [-0.39, 0.29) is 17.5 Å². The molecule has 0 saturated heterocycles. The summed E-state index contributed by atoms with van der Waals surface area (Å²) in [7, 11) is 0. The van der Waals surface area contributed by atoms with Crippen molar-refractivity contribution >= 4 is 28.2 Å². The van der Waals surface area contributed by atoms with Crippen LogP contribution in [0.4, 0.5) is 11.4 Å². The van der Waals surface area contributed by atoms with Gasteiger partial charge in [-0.25, -0.2) is 0 Å². The fourth-order valence-corrected chi connectivity index (χ4v) is 2.54. The third kappa shape index (κ3) is 3.47. The quantitative estimate of drug-likeness (QED) is 0.561. The largest absolute Gasteiger partial charge is 0.322 e. The highest BCUT2D eigenvalue weighted by Crippen LogP contribution is 2.24. The first-order chi connectivity index (χ1) is 12.0. The molecular formula is C19H17N3O3. The monoisotopic (exact) mass is 335 g/mol. The summed E-state index contributed by atoms with van der Waals surface area (Å²) in [5, 5.41) is 14.3. The lowest BCUT2D eigenvalue weighted by atomic mass is 10.0. The lowest BCUT2D eigenvalue weighted by molar-refractivity contribution is -0.384. The van der Waals surface area contributed by atoms with Crippen LogP contribution in [0.25, 0.3) is 10.9 Å². The summed E-state index contributed by atoms with van der Waals surface area (Å²) >= 11 is 0. The van der Waals surface area contributed by atoms with E-state index in [1.54, 1.807) is 6.07 Å². The molecule has 126 valence electrons. The molecule has 3 aromatic rings. The first-order valence-electron chi connectivity index (χ1n) is 7.91. The highest BCUT2D eigenvalue weighted by molar-refractivity contribution is 6.12. The van der Waals surface area contributed by atoms with Crippen LogP contribution in [0.2, 0.25) is 0 Å². The van der Waals surface area contributed by atoms with Crippen LogP contribution in [0.15, 0.2) is 54.6 Å². The molecule has 6 nitrogen and oxygen atoms in total. The second kappa shape index (κ2) is 6.68. The van der Waals surface area contributed by atoms with E-state index in [4.69, 9.17) is 0 Å². The molecule has 0 radical (unpaired) electrons. The number of benzene rings is 2. The Morgan fingerprint density at radius 3 is 2.44 bits per heavy atom. The number of carbonyl (C=O) groups excluding carboxylic acids is 1. The van der Waals surface area contributed by atoms with E-state index >= 15 is 0 Å². The number of amides is 1. The van der Waals surface area contributed by atoms with Crippen LogP contribution in [0.3, 0.4) is 0 Å². The number of nitrogens with zero attached hydrogens (tertiary/aromatic N) is 2. The van der Waals surface area contributed by atoms with Gasteiger partial charge in [0.2, 0.25) is 0 Å². The van der Waals surface area contributed by atoms with Crippen LogP contribution < -0.4 is 5.32 Å². The summed E-state index contributed by atoms with van der Waals surface area (Å²) in [5.74, 6) is -0.0788. The number of hydrogen-bond donors (Lipinski definition) is 1. The number of rotatable bonds is 4. The Kier molecular flexibility index (Phi) is 4.43. The average Bonchev–Trinajstić information content (AvgIpc) is 2.61. The zero-order valence-corrected chi connectivity index (χ0v) is 13.9. The number of hydrogen-bond acceptors (Lipinski definition) is 4. The number of nitro benzene ring substituents is 1. The number of nitro groups is 1. The molecule has 0 aliphatic carbocycles. The molecule has 2 aromatic carbocycles. The molecule has 0 bridgehead atoms. The van der Waals surface area contributed by atoms with Crippen molar-refractivity contribution < 1.29 is 9.72 Å². The molecular weight excluding hydrogens is 318 g/mol. The minimum Gasteiger partial charge on any atom is -0.322 e. The fraction of sp³-hybridized carbons (Fsp3) is 0.158. The molecule has 0 spiro atoms. The van der Waals surface area contributed by atoms with Crippen LogP contribution >= 0.6 is 0 Å². The number of carbonyl (C=O) groups is 1. The molecule has 0 aliphatic rings. The van der Waals surface area contributed by atoms with E-state index < -0.39 is 4.92 Å². The van der Waals surface area contributed by atoms with E-state index in [1.165, 1.54) is 24.3 Å². The summed E-state index contributed by atoms with van der Waals surface area (Å²) in [4.78, 5) is 27.6. The normalized spacial score (nSPS) is 10.8. The van der Waals surface area contributed by atoms with Gasteiger partial charge in [0.25, 0.3) is 11.6 Å². The van der Waals surface area contributed by atoms with Crippen molar-refractivity contribution in [3.8, 4) is 0 Å². The number of para-hydroxylation sites is 1. The first kappa shape index (κ1) is 16.6.